The third kappa shape index (κ3) is 1.78. The number of carbonyl (C=O) groups is 1. The topological polar surface area (TPSA) is 121 Å². The van der Waals surface area contributed by atoms with Crippen LogP contribution in [0, 0.1) is 6.92 Å². The van der Waals surface area contributed by atoms with Crippen molar-refractivity contribution in [2.24, 2.45) is 0 Å². The molecule has 2 rings (SSSR count). The number of hydrogen-bond acceptors (Lipinski definition) is 4. The number of anilines is 1. The van der Waals surface area contributed by atoms with Gasteiger partial charge in [-0.15, -0.1) is 10.2 Å². The second-order valence-corrected chi connectivity index (χ2v) is 3.29. The number of carboxylic acid groups (broad SMARTS) is 1. The Balaban J connectivity index is 0.00000128. The zero-order valence-electron chi connectivity index (χ0n) is 8.56. The third-order valence-electron chi connectivity index (χ3n) is 2.16. The molecule has 0 unspecified atom stereocenters. The first-order valence-electron chi connectivity index (χ1n) is 4.35. The van der Waals surface area contributed by atoms with Gasteiger partial charge in [0.05, 0.1) is 11.2 Å². The van der Waals surface area contributed by atoms with E-state index in [1.807, 2.05) is 19.1 Å². The van der Waals surface area contributed by atoms with Crippen molar-refractivity contribution in [3.8, 4) is 0 Å². The van der Waals surface area contributed by atoms with E-state index in [0.29, 0.717) is 10.9 Å². The van der Waals surface area contributed by atoms with Crippen LogP contribution in [0.4, 0.5) is 5.69 Å². The highest BCUT2D eigenvalue weighted by Gasteiger charge is 2.13. The van der Waals surface area contributed by atoms with Crippen molar-refractivity contribution in [3.63, 3.8) is 0 Å². The summed E-state index contributed by atoms with van der Waals surface area (Å²) < 4.78 is 0. The average molecular weight is 221 g/mol. The highest BCUT2D eigenvalue weighted by Crippen LogP contribution is 2.21. The first-order chi connectivity index (χ1) is 7.09. The number of nitrogen functional groups attached to an aromatic ring is 1. The fourth-order valence-corrected chi connectivity index (χ4v) is 1.40. The number of benzene rings is 1. The highest BCUT2D eigenvalue weighted by molar-refractivity contribution is 6.01. The van der Waals surface area contributed by atoms with Gasteiger partial charge < -0.3 is 16.3 Å². The molecule has 5 N–H and O–H groups in total. The van der Waals surface area contributed by atoms with Gasteiger partial charge in [-0.25, -0.2) is 4.79 Å². The van der Waals surface area contributed by atoms with Crippen molar-refractivity contribution >= 4 is 22.6 Å². The van der Waals surface area contributed by atoms with Crippen LogP contribution in [0.1, 0.15) is 16.1 Å². The van der Waals surface area contributed by atoms with Crippen LogP contribution in [0.2, 0.25) is 0 Å². The molecule has 1 heterocycles. The molecular weight excluding hydrogens is 210 g/mol. The van der Waals surface area contributed by atoms with Gasteiger partial charge in [0, 0.05) is 5.39 Å². The first kappa shape index (κ1) is 11.9. The highest BCUT2D eigenvalue weighted by atomic mass is 16.4. The molecule has 0 aliphatic carbocycles. The van der Waals surface area contributed by atoms with E-state index in [1.54, 1.807) is 6.07 Å². The predicted octanol–water partition coefficient (Wildman–Crippen LogP) is 0.394. The van der Waals surface area contributed by atoms with E-state index in [9.17, 15) is 4.79 Å². The van der Waals surface area contributed by atoms with Gasteiger partial charge in [-0.3, -0.25) is 0 Å². The van der Waals surface area contributed by atoms with Gasteiger partial charge >= 0.3 is 5.97 Å². The van der Waals surface area contributed by atoms with Crippen LogP contribution >= 0.6 is 0 Å². The van der Waals surface area contributed by atoms with Crippen molar-refractivity contribution in [1.29, 1.82) is 0 Å². The molecule has 16 heavy (non-hydrogen) atoms. The molecule has 0 saturated carbocycles. The van der Waals surface area contributed by atoms with Crippen LogP contribution in [-0.2, 0) is 0 Å². The molecule has 6 nitrogen and oxygen atoms in total. The molecule has 2 aromatic rings. The minimum atomic E-state index is -1.16. The SMILES string of the molecule is Cc1ccc2c(N)c(C(=O)O)nnc2c1.O. The van der Waals surface area contributed by atoms with E-state index < -0.39 is 5.97 Å². The van der Waals surface area contributed by atoms with Crippen LogP contribution in [0.5, 0.6) is 0 Å². The molecule has 6 heteroatoms. The Morgan fingerprint density at radius 1 is 1.38 bits per heavy atom. The largest absolute Gasteiger partial charge is 0.476 e. The fourth-order valence-electron chi connectivity index (χ4n) is 1.40. The lowest BCUT2D eigenvalue weighted by molar-refractivity contribution is 0.0691. The maximum atomic E-state index is 10.7. The summed E-state index contributed by atoms with van der Waals surface area (Å²) in [6.45, 7) is 1.92. The number of hydrogen-bond donors (Lipinski definition) is 2. The van der Waals surface area contributed by atoms with Gasteiger partial charge in [0.2, 0.25) is 0 Å². The molecule has 0 atom stereocenters. The number of nitrogens with two attached hydrogens (primary N) is 1. The van der Waals surface area contributed by atoms with E-state index in [2.05, 4.69) is 10.2 Å². The van der Waals surface area contributed by atoms with Crippen molar-refractivity contribution in [2.75, 3.05) is 5.73 Å². The number of aromatic carboxylic acids is 1. The Bertz CT molecular complexity index is 554. The molecule has 0 aliphatic heterocycles. The Morgan fingerprint density at radius 3 is 2.69 bits per heavy atom. The molecule has 1 aromatic heterocycles. The quantitative estimate of drug-likeness (QED) is 0.721. The number of aromatic nitrogens is 2. The lowest BCUT2D eigenvalue weighted by Crippen LogP contribution is -2.07. The molecule has 0 spiro atoms. The summed E-state index contributed by atoms with van der Waals surface area (Å²) in [7, 11) is 0. The van der Waals surface area contributed by atoms with Gasteiger partial charge in [-0.2, -0.15) is 0 Å². The summed E-state index contributed by atoms with van der Waals surface area (Å²) in [6.07, 6.45) is 0. The summed E-state index contributed by atoms with van der Waals surface area (Å²) in [5.74, 6) is -1.16. The second kappa shape index (κ2) is 4.11. The zero-order chi connectivity index (χ0) is 11.0. The lowest BCUT2D eigenvalue weighted by atomic mass is 10.1. The number of carboxylic acids is 1. The van der Waals surface area contributed by atoms with Crippen LogP contribution in [0.15, 0.2) is 18.2 Å². The van der Waals surface area contributed by atoms with Crippen LogP contribution in [0.25, 0.3) is 10.9 Å². The maximum Gasteiger partial charge on any atom is 0.358 e. The van der Waals surface area contributed by atoms with Crippen LogP contribution in [-0.4, -0.2) is 26.7 Å². The maximum absolute atomic E-state index is 10.7. The van der Waals surface area contributed by atoms with Crippen molar-refractivity contribution < 1.29 is 15.4 Å². The third-order valence-corrected chi connectivity index (χ3v) is 2.16. The molecule has 0 aliphatic rings. The monoisotopic (exact) mass is 221 g/mol. The minimum absolute atomic E-state index is 0. The lowest BCUT2D eigenvalue weighted by Gasteiger charge is -2.03. The molecule has 0 fully saturated rings. The summed E-state index contributed by atoms with van der Waals surface area (Å²) in [5, 5.41) is 16.8. The van der Waals surface area contributed by atoms with E-state index in [0.717, 1.165) is 5.56 Å². The first-order valence-corrected chi connectivity index (χ1v) is 4.35. The van der Waals surface area contributed by atoms with Crippen LogP contribution in [0.3, 0.4) is 0 Å². The normalized spacial score (nSPS) is 9.81. The fraction of sp³-hybridized carbons (Fsp3) is 0.100. The Hall–Kier alpha value is -2.21. The number of nitrogens with zero attached hydrogens (tertiary/aromatic N) is 2. The van der Waals surface area contributed by atoms with Crippen LogP contribution < -0.4 is 5.73 Å². The predicted molar refractivity (Wildman–Crippen MR) is 59.3 cm³/mol. The molecule has 0 amide bonds. The Morgan fingerprint density at radius 2 is 2.06 bits per heavy atom. The van der Waals surface area contributed by atoms with Gasteiger partial charge in [-0.05, 0) is 18.6 Å². The summed E-state index contributed by atoms with van der Waals surface area (Å²) in [6, 6.07) is 5.41. The minimum Gasteiger partial charge on any atom is -0.476 e. The smallest absolute Gasteiger partial charge is 0.358 e. The standard InChI is InChI=1S/C10H9N3O2.H2O/c1-5-2-3-6-7(4-5)12-13-9(8(6)11)10(14)15;/h2-4H,1H3,(H2,11,12)(H,14,15);1H2. The Kier molecular flexibility index (Phi) is 3.05. The molecule has 1 aromatic carbocycles. The molecule has 0 bridgehead atoms. The number of aryl methyl sites for hydroxylation is 1. The van der Waals surface area contributed by atoms with Crippen molar-refractivity contribution in [3.05, 3.63) is 29.5 Å². The van der Waals surface area contributed by atoms with E-state index in [1.165, 1.54) is 0 Å². The van der Waals surface area contributed by atoms with E-state index >= 15 is 0 Å². The Labute approximate surface area is 91.0 Å². The van der Waals surface area contributed by atoms with Crippen molar-refractivity contribution in [1.82, 2.24) is 10.2 Å². The summed E-state index contributed by atoms with van der Waals surface area (Å²) in [4.78, 5) is 10.7. The van der Waals surface area contributed by atoms with Gasteiger partial charge in [0.1, 0.15) is 0 Å². The molecule has 0 saturated heterocycles. The zero-order valence-corrected chi connectivity index (χ0v) is 8.56. The molecule has 84 valence electrons. The van der Waals surface area contributed by atoms with E-state index in [-0.39, 0.29) is 16.9 Å². The van der Waals surface area contributed by atoms with Gasteiger partial charge in [0.25, 0.3) is 0 Å². The average Bonchev–Trinajstić information content (AvgIpc) is 2.17. The number of rotatable bonds is 1. The summed E-state index contributed by atoms with van der Waals surface area (Å²) >= 11 is 0. The second-order valence-electron chi connectivity index (χ2n) is 3.29. The molecule has 0 radical (unpaired) electrons. The summed E-state index contributed by atoms with van der Waals surface area (Å²) in [5.41, 5.74) is 7.28. The van der Waals surface area contributed by atoms with Gasteiger partial charge in [0.15, 0.2) is 5.69 Å². The van der Waals surface area contributed by atoms with Gasteiger partial charge in [-0.1, -0.05) is 12.1 Å². The van der Waals surface area contributed by atoms with E-state index in [4.69, 9.17) is 10.8 Å². The molecular formula is C10H11N3O3. The van der Waals surface area contributed by atoms with Crippen molar-refractivity contribution in [2.45, 2.75) is 6.92 Å². The number of fused-ring (bicyclic) bond motifs is 1.